The Balaban J connectivity index is 0.790. The highest BCUT2D eigenvalue weighted by atomic mass is 32.2. The van der Waals surface area contributed by atoms with Crippen LogP contribution in [0, 0.1) is 0 Å². The van der Waals surface area contributed by atoms with Gasteiger partial charge in [-0.05, 0) is 204 Å². The number of hydrogen-bond donors (Lipinski definition) is 0. The van der Waals surface area contributed by atoms with Crippen LogP contribution in [0.15, 0.2) is 338 Å². The first-order valence-electron chi connectivity index (χ1n) is 38.0. The maximum absolute atomic E-state index is 7.51. The second-order valence-corrected chi connectivity index (χ2v) is 33.1. The number of hydrogen-bond acceptors (Lipinski definition) is 4. The lowest BCUT2D eigenvalue weighted by molar-refractivity contribution is 0.465. The van der Waals surface area contributed by atoms with Crippen molar-refractivity contribution in [2.24, 2.45) is 0 Å². The van der Waals surface area contributed by atoms with Crippen molar-refractivity contribution < 1.29 is 9.47 Å². The SMILES string of the molecule is CC(C)(C)c1ccc2c(c1)c1cc(C(C)(C)C)ccc1n2-c1ccc2c(c1)Sc1cc(-c3cc4c5c(c3)Oc3cc(-n6cc(-c7ccccc7)c7ccccc76)ccc3B5c3ccccc3O4)cc3c1B2c1ccc(-n2c4ccccc4c4ccccc42)cc1N3c1cc(-c2ccccc2)cc(-c2ccccc2)c1. The van der Waals surface area contributed by atoms with Gasteiger partial charge in [0, 0.05) is 94.1 Å². The fourth-order valence-electron chi connectivity index (χ4n) is 18.2. The van der Waals surface area contributed by atoms with Crippen molar-refractivity contribution >= 4 is 130 Å². The quantitative estimate of drug-likeness (QED) is 0.142. The molecule has 9 heteroatoms. The van der Waals surface area contributed by atoms with Gasteiger partial charge in [-0.2, -0.15) is 0 Å². The highest BCUT2D eigenvalue weighted by Crippen LogP contribution is 2.50. The third-order valence-corrected chi connectivity index (χ3v) is 24.6. The number of para-hydroxylation sites is 4. The normalized spacial score (nSPS) is 13.3. The molecule has 18 aromatic rings. The van der Waals surface area contributed by atoms with E-state index >= 15 is 0 Å². The molecule has 0 amide bonds. The highest BCUT2D eigenvalue weighted by Gasteiger charge is 2.44. The first kappa shape index (κ1) is 63.6. The zero-order valence-corrected chi connectivity index (χ0v) is 62.2. The molecule has 0 saturated heterocycles. The van der Waals surface area contributed by atoms with Gasteiger partial charge in [0.1, 0.15) is 23.0 Å². The van der Waals surface area contributed by atoms with E-state index in [0.29, 0.717) is 0 Å². The van der Waals surface area contributed by atoms with Crippen LogP contribution in [0.2, 0.25) is 0 Å². The molecule has 0 spiro atoms. The lowest BCUT2D eigenvalue weighted by Crippen LogP contribution is -2.59. The Hall–Kier alpha value is -12.7. The molecule has 0 fully saturated rings. The highest BCUT2D eigenvalue weighted by molar-refractivity contribution is 8.00. The molecule has 0 N–H and O–H groups in total. The Kier molecular flexibility index (Phi) is 13.9. The minimum Gasteiger partial charge on any atom is -0.458 e. The van der Waals surface area contributed by atoms with Crippen LogP contribution >= 0.6 is 11.8 Å². The van der Waals surface area contributed by atoms with Gasteiger partial charge in [0.05, 0.1) is 27.6 Å². The van der Waals surface area contributed by atoms with Crippen LogP contribution in [0.1, 0.15) is 52.7 Å². The maximum atomic E-state index is 7.51. The summed E-state index contributed by atoms with van der Waals surface area (Å²) in [6.45, 7) is 13.6. The van der Waals surface area contributed by atoms with E-state index in [1.165, 1.54) is 86.4 Å². The van der Waals surface area contributed by atoms with Crippen molar-refractivity contribution in [3.8, 4) is 84.6 Å². The van der Waals surface area contributed by atoms with E-state index in [9.17, 15) is 0 Å². The number of nitrogens with zero attached hydrogens (tertiary/aromatic N) is 4. The summed E-state index contributed by atoms with van der Waals surface area (Å²) < 4.78 is 22.1. The summed E-state index contributed by atoms with van der Waals surface area (Å²) in [6.07, 6.45) is 2.28. The summed E-state index contributed by atoms with van der Waals surface area (Å²) in [7, 11) is 0. The predicted octanol–water partition coefficient (Wildman–Crippen LogP) is 22.6. The molecular formula is C100H72B2N4O2S. The molecule has 109 heavy (non-hydrogen) atoms. The Bertz CT molecular complexity index is 6700. The van der Waals surface area contributed by atoms with Crippen molar-refractivity contribution in [2.75, 3.05) is 4.90 Å². The number of rotatable bonds is 8. The van der Waals surface area contributed by atoms with Crippen molar-refractivity contribution in [3.63, 3.8) is 0 Å². The molecule has 0 radical (unpaired) electrons. The Labute approximate surface area is 638 Å². The molecule has 0 unspecified atom stereocenters. The van der Waals surface area contributed by atoms with Crippen LogP contribution in [0.5, 0.6) is 23.0 Å². The van der Waals surface area contributed by atoms with Crippen LogP contribution in [-0.4, -0.2) is 27.1 Å². The molecule has 6 nitrogen and oxygen atoms in total. The molecule has 15 aromatic carbocycles. The summed E-state index contributed by atoms with van der Waals surface area (Å²) in [4.78, 5) is 5.02. The van der Waals surface area contributed by atoms with Gasteiger partial charge in [-0.3, -0.25) is 0 Å². The van der Waals surface area contributed by atoms with Crippen molar-refractivity contribution in [3.05, 3.63) is 339 Å². The van der Waals surface area contributed by atoms with E-state index in [4.69, 9.17) is 9.47 Å². The summed E-state index contributed by atoms with van der Waals surface area (Å²) >= 11 is 1.89. The van der Waals surface area contributed by atoms with Gasteiger partial charge in [-0.25, -0.2) is 0 Å². The van der Waals surface area contributed by atoms with Crippen LogP contribution in [0.25, 0.3) is 116 Å². The smallest absolute Gasteiger partial charge is 0.260 e. The number of ether oxygens (including phenoxy) is 2. The molecule has 22 rings (SSSR count). The monoisotopic (exact) mass is 1410 g/mol. The molecule has 4 aliphatic rings. The molecular weight excluding hydrogens is 1340 g/mol. The van der Waals surface area contributed by atoms with Gasteiger partial charge in [0.2, 0.25) is 6.71 Å². The second kappa shape index (κ2) is 23.9. The van der Waals surface area contributed by atoms with Crippen molar-refractivity contribution in [1.29, 1.82) is 0 Å². The van der Waals surface area contributed by atoms with E-state index < -0.39 is 0 Å². The van der Waals surface area contributed by atoms with Gasteiger partial charge in [0.15, 0.2) is 0 Å². The second-order valence-electron chi connectivity index (χ2n) is 32.0. The Morgan fingerprint density at radius 3 is 1.40 bits per heavy atom. The minimum absolute atomic E-state index is 0.0321. The topological polar surface area (TPSA) is 36.5 Å². The molecule has 4 aliphatic heterocycles. The van der Waals surface area contributed by atoms with E-state index in [0.717, 1.165) is 123 Å². The fraction of sp³-hybridized carbons (Fsp3) is 0.0800. The Morgan fingerprint density at radius 2 is 0.771 bits per heavy atom. The van der Waals surface area contributed by atoms with E-state index in [1.54, 1.807) is 0 Å². The maximum Gasteiger partial charge on any atom is 0.260 e. The number of anilines is 3. The summed E-state index contributed by atoms with van der Waals surface area (Å²) in [6, 6.07) is 120. The number of fused-ring (bicyclic) bond motifs is 15. The summed E-state index contributed by atoms with van der Waals surface area (Å²) in [5.41, 5.74) is 31.0. The third-order valence-electron chi connectivity index (χ3n) is 23.5. The fourth-order valence-corrected chi connectivity index (χ4v) is 19.4. The summed E-state index contributed by atoms with van der Waals surface area (Å²) in [5, 5.41) is 6.18. The van der Waals surface area contributed by atoms with Crippen LogP contribution < -0.4 is 47.2 Å². The zero-order valence-electron chi connectivity index (χ0n) is 61.3. The molecule has 0 bridgehead atoms. The molecule has 516 valence electrons. The molecule has 3 aromatic heterocycles. The van der Waals surface area contributed by atoms with Gasteiger partial charge in [-0.1, -0.05) is 253 Å². The molecule has 0 aliphatic carbocycles. The lowest BCUT2D eigenvalue weighted by atomic mass is 9.34. The van der Waals surface area contributed by atoms with Gasteiger partial charge in [0.25, 0.3) is 6.71 Å². The molecule has 0 saturated carbocycles. The summed E-state index contributed by atoms with van der Waals surface area (Å²) in [5.74, 6) is 3.24. The van der Waals surface area contributed by atoms with E-state index in [1.807, 2.05) is 11.8 Å². The van der Waals surface area contributed by atoms with Crippen molar-refractivity contribution in [2.45, 2.75) is 62.2 Å². The third kappa shape index (κ3) is 9.99. The predicted molar refractivity (Wildman–Crippen MR) is 459 cm³/mol. The van der Waals surface area contributed by atoms with Crippen LogP contribution in [0.4, 0.5) is 17.1 Å². The number of benzene rings is 15. The lowest BCUT2D eigenvalue weighted by Gasteiger charge is -2.41. The van der Waals surface area contributed by atoms with E-state index in [2.05, 4.69) is 388 Å². The first-order chi connectivity index (χ1) is 53.3. The van der Waals surface area contributed by atoms with Gasteiger partial charge in [-0.15, -0.1) is 0 Å². The minimum atomic E-state index is -0.156. The van der Waals surface area contributed by atoms with Gasteiger partial charge < -0.3 is 28.1 Å². The van der Waals surface area contributed by atoms with Crippen LogP contribution in [0.3, 0.4) is 0 Å². The first-order valence-corrected chi connectivity index (χ1v) is 38.8. The average molecular weight is 1420 g/mol. The molecule has 0 atom stereocenters. The Morgan fingerprint density at radius 1 is 0.284 bits per heavy atom. The largest absolute Gasteiger partial charge is 0.458 e. The van der Waals surface area contributed by atoms with E-state index in [-0.39, 0.29) is 24.3 Å². The standard InChI is InChI=1S/C100H72B2N4O2S/c1-99(2,3)68-38-46-87-77(55-68)78-56-69(100(4,5)6)39-47-88(78)105(87)72-42-45-83-95(59-72)109-96-54-66(67-52-93-98-94(53-67)108-92-58-70(40-44-82(92)102(98)81-33-19-23-37-91(81)107-93)103-60-79(63-28-14-9-15-29-63)76-32-16-20-34-84(76)103)51-90-97(96)101(83)80-43-41-71(104-85-35-21-17-30-74(85)75-31-18-22-36-86(75)104)57-89(80)106(90)73-49-64(61-24-10-7-11-25-61)48-65(50-73)62-26-12-8-13-27-62/h7-60H,1-6H3. The average Bonchev–Trinajstić information content (AvgIpc) is 1.19. The van der Waals surface area contributed by atoms with Crippen LogP contribution in [-0.2, 0) is 10.8 Å². The molecule has 7 heterocycles. The van der Waals surface area contributed by atoms with Gasteiger partial charge >= 0.3 is 0 Å². The number of aromatic nitrogens is 3. The van der Waals surface area contributed by atoms with Crippen molar-refractivity contribution in [1.82, 2.24) is 13.7 Å². The zero-order chi connectivity index (χ0) is 72.7.